The van der Waals surface area contributed by atoms with E-state index in [2.05, 4.69) is 31.0 Å². The van der Waals surface area contributed by atoms with Gasteiger partial charge >= 0.3 is 0 Å². The number of fused-ring (bicyclic) bond motifs is 1. The molecule has 1 heterocycles. The van der Waals surface area contributed by atoms with Crippen molar-refractivity contribution in [3.8, 4) is 11.5 Å². The zero-order chi connectivity index (χ0) is 20.8. The molecular formula is C22H18N6O2. The Kier molecular flexibility index (Phi) is 5.47. The lowest BCUT2D eigenvalue weighted by Gasteiger charge is -2.08. The van der Waals surface area contributed by atoms with Gasteiger partial charge in [-0.1, -0.05) is 36.4 Å². The van der Waals surface area contributed by atoms with Crippen LogP contribution in [0.25, 0.3) is 11.0 Å². The van der Waals surface area contributed by atoms with Crippen LogP contribution in [0.5, 0.6) is 11.5 Å². The second-order valence-electron chi connectivity index (χ2n) is 6.27. The van der Waals surface area contributed by atoms with Crippen molar-refractivity contribution in [2.24, 2.45) is 10.2 Å². The molecule has 0 aliphatic heterocycles. The Morgan fingerprint density at radius 2 is 1.00 bits per heavy atom. The molecule has 4 aromatic rings. The Morgan fingerprint density at radius 1 is 0.600 bits per heavy atom. The van der Waals surface area contributed by atoms with E-state index in [4.69, 9.17) is 0 Å². The predicted molar refractivity (Wildman–Crippen MR) is 118 cm³/mol. The third kappa shape index (κ3) is 4.33. The molecule has 1 aromatic heterocycles. The fourth-order valence-electron chi connectivity index (χ4n) is 2.68. The lowest BCUT2D eigenvalue weighted by molar-refractivity contribution is 0.474. The Hall–Kier alpha value is -4.46. The van der Waals surface area contributed by atoms with Gasteiger partial charge in [0.05, 0.1) is 23.5 Å². The number of hydrogen-bond acceptors (Lipinski definition) is 8. The number of hydrazone groups is 2. The number of phenolic OH excluding ortho intramolecular Hbond substituents is 2. The molecule has 30 heavy (non-hydrogen) atoms. The van der Waals surface area contributed by atoms with Gasteiger partial charge in [0.15, 0.2) is 11.6 Å². The first-order chi connectivity index (χ1) is 14.7. The van der Waals surface area contributed by atoms with Crippen molar-refractivity contribution in [3.63, 3.8) is 0 Å². The Balaban J connectivity index is 1.60. The van der Waals surface area contributed by atoms with Crippen molar-refractivity contribution >= 4 is 35.1 Å². The number of para-hydroxylation sites is 4. The molecule has 0 saturated carbocycles. The van der Waals surface area contributed by atoms with Crippen LogP contribution >= 0.6 is 0 Å². The minimum Gasteiger partial charge on any atom is -0.507 e. The molecule has 0 radical (unpaired) electrons. The average Bonchev–Trinajstić information content (AvgIpc) is 2.76. The highest BCUT2D eigenvalue weighted by atomic mass is 16.3. The topological polar surface area (TPSA) is 115 Å². The van der Waals surface area contributed by atoms with E-state index >= 15 is 0 Å². The van der Waals surface area contributed by atoms with Crippen LogP contribution in [0.1, 0.15) is 11.1 Å². The van der Waals surface area contributed by atoms with Crippen molar-refractivity contribution in [1.82, 2.24) is 9.97 Å². The normalized spacial score (nSPS) is 11.3. The lowest BCUT2D eigenvalue weighted by Crippen LogP contribution is -2.03. The van der Waals surface area contributed by atoms with E-state index in [-0.39, 0.29) is 11.5 Å². The fourth-order valence-corrected chi connectivity index (χ4v) is 2.68. The van der Waals surface area contributed by atoms with E-state index in [0.717, 1.165) is 0 Å². The maximum Gasteiger partial charge on any atom is 0.192 e. The van der Waals surface area contributed by atoms with E-state index in [0.29, 0.717) is 33.8 Å². The van der Waals surface area contributed by atoms with Crippen LogP contribution in [0.2, 0.25) is 0 Å². The molecule has 8 heteroatoms. The third-order valence-corrected chi connectivity index (χ3v) is 4.19. The number of aromatic hydroxyl groups is 2. The summed E-state index contributed by atoms with van der Waals surface area (Å²) in [7, 11) is 0. The summed E-state index contributed by atoms with van der Waals surface area (Å²) in [5.74, 6) is 0.959. The van der Waals surface area contributed by atoms with Gasteiger partial charge in [-0.2, -0.15) is 10.2 Å². The molecule has 4 N–H and O–H groups in total. The minimum absolute atomic E-state index is 0.123. The van der Waals surface area contributed by atoms with E-state index in [1.807, 2.05) is 24.3 Å². The number of benzene rings is 3. The van der Waals surface area contributed by atoms with Crippen LogP contribution in [0.3, 0.4) is 0 Å². The van der Waals surface area contributed by atoms with E-state index in [1.165, 1.54) is 12.4 Å². The van der Waals surface area contributed by atoms with Gasteiger partial charge in [-0.25, -0.2) is 9.97 Å². The van der Waals surface area contributed by atoms with Crippen molar-refractivity contribution in [1.29, 1.82) is 0 Å². The second-order valence-corrected chi connectivity index (χ2v) is 6.27. The van der Waals surface area contributed by atoms with Gasteiger partial charge < -0.3 is 10.2 Å². The molecule has 0 amide bonds. The van der Waals surface area contributed by atoms with Crippen LogP contribution in [-0.4, -0.2) is 32.6 Å². The summed E-state index contributed by atoms with van der Waals surface area (Å²) < 4.78 is 0. The van der Waals surface area contributed by atoms with Gasteiger partial charge in [0, 0.05) is 11.1 Å². The van der Waals surface area contributed by atoms with Crippen LogP contribution < -0.4 is 10.9 Å². The van der Waals surface area contributed by atoms with E-state index in [1.54, 1.807) is 48.5 Å². The molecule has 0 aliphatic carbocycles. The number of phenols is 2. The van der Waals surface area contributed by atoms with Crippen molar-refractivity contribution < 1.29 is 10.2 Å². The molecule has 3 aromatic carbocycles. The molecule has 4 rings (SSSR count). The average molecular weight is 398 g/mol. The quantitative estimate of drug-likeness (QED) is 0.289. The highest BCUT2D eigenvalue weighted by Crippen LogP contribution is 2.22. The monoisotopic (exact) mass is 398 g/mol. The fraction of sp³-hybridized carbons (Fsp3) is 0. The zero-order valence-corrected chi connectivity index (χ0v) is 15.8. The maximum atomic E-state index is 9.85. The first kappa shape index (κ1) is 18.9. The number of rotatable bonds is 6. The highest BCUT2D eigenvalue weighted by Gasteiger charge is 2.08. The third-order valence-electron chi connectivity index (χ3n) is 4.19. The number of nitrogens with one attached hydrogen (secondary N) is 2. The van der Waals surface area contributed by atoms with Crippen molar-refractivity contribution in [2.75, 3.05) is 10.9 Å². The molecule has 0 aliphatic rings. The Bertz CT molecular complexity index is 1140. The summed E-state index contributed by atoms with van der Waals surface area (Å²) in [6.07, 6.45) is 2.97. The summed E-state index contributed by atoms with van der Waals surface area (Å²) in [5.41, 5.74) is 8.18. The minimum atomic E-state index is 0.123. The molecule has 0 atom stereocenters. The number of hydrogen-bond donors (Lipinski definition) is 4. The van der Waals surface area contributed by atoms with E-state index < -0.39 is 0 Å². The van der Waals surface area contributed by atoms with Crippen LogP contribution in [0, 0.1) is 0 Å². The van der Waals surface area contributed by atoms with Crippen molar-refractivity contribution in [2.45, 2.75) is 0 Å². The van der Waals surface area contributed by atoms with Crippen molar-refractivity contribution in [3.05, 3.63) is 83.9 Å². The molecule has 8 nitrogen and oxygen atoms in total. The first-order valence-electron chi connectivity index (χ1n) is 9.11. The van der Waals surface area contributed by atoms with Gasteiger partial charge in [-0.3, -0.25) is 10.9 Å². The Morgan fingerprint density at radius 3 is 1.43 bits per heavy atom. The molecule has 0 saturated heterocycles. The van der Waals surface area contributed by atoms with Gasteiger partial charge in [-0.05, 0) is 36.4 Å². The summed E-state index contributed by atoms with van der Waals surface area (Å²) in [6, 6.07) is 21.1. The standard InChI is InChI=1S/C22H18N6O2/c29-19-11-5-1-7-15(19)13-23-27-21-22(26-18-10-4-3-9-17(18)25-21)28-24-14-16-8-2-6-12-20(16)30/h1-14,29-30H,(H,25,27)(H,26,28)/b23-13+,24-14?. The molecule has 0 bridgehead atoms. The van der Waals surface area contributed by atoms with Gasteiger partial charge in [-0.15, -0.1) is 0 Å². The summed E-state index contributed by atoms with van der Waals surface area (Å²) in [4.78, 5) is 9.07. The largest absolute Gasteiger partial charge is 0.507 e. The van der Waals surface area contributed by atoms with Gasteiger partial charge in [0.25, 0.3) is 0 Å². The predicted octanol–water partition coefficient (Wildman–Crippen LogP) is 3.93. The van der Waals surface area contributed by atoms with Crippen LogP contribution in [0.15, 0.2) is 83.0 Å². The summed E-state index contributed by atoms with van der Waals surface area (Å²) in [5, 5.41) is 28.0. The smallest absolute Gasteiger partial charge is 0.192 e. The van der Waals surface area contributed by atoms with Crippen LogP contribution in [0.4, 0.5) is 11.6 Å². The number of nitrogens with zero attached hydrogens (tertiary/aromatic N) is 4. The number of anilines is 2. The SMILES string of the molecule is Oc1ccccc1C=NNc1nc2ccccc2nc1N/N=C/c1ccccc1O. The molecule has 0 spiro atoms. The van der Waals surface area contributed by atoms with E-state index in [9.17, 15) is 10.2 Å². The van der Waals surface area contributed by atoms with Gasteiger partial charge in [0.1, 0.15) is 11.5 Å². The number of aromatic nitrogens is 2. The molecule has 148 valence electrons. The summed E-state index contributed by atoms with van der Waals surface area (Å²) >= 11 is 0. The van der Waals surface area contributed by atoms with Gasteiger partial charge in [0.2, 0.25) is 0 Å². The second kappa shape index (κ2) is 8.70. The molecular weight excluding hydrogens is 380 g/mol. The molecule has 0 fully saturated rings. The first-order valence-corrected chi connectivity index (χ1v) is 9.11. The Labute approximate surface area is 172 Å². The maximum absolute atomic E-state index is 9.85. The lowest BCUT2D eigenvalue weighted by atomic mass is 10.2. The highest BCUT2D eigenvalue weighted by molar-refractivity contribution is 5.86. The molecule has 0 unspecified atom stereocenters. The van der Waals surface area contributed by atoms with Crippen LogP contribution in [-0.2, 0) is 0 Å². The summed E-state index contributed by atoms with van der Waals surface area (Å²) in [6.45, 7) is 0. The zero-order valence-electron chi connectivity index (χ0n) is 15.8.